The van der Waals surface area contributed by atoms with Crippen LogP contribution in [0, 0.1) is 5.92 Å². The van der Waals surface area contributed by atoms with Gasteiger partial charge in [-0.25, -0.2) is 4.98 Å². The van der Waals surface area contributed by atoms with Crippen LogP contribution in [0.5, 0.6) is 0 Å². The van der Waals surface area contributed by atoms with Gasteiger partial charge < -0.3 is 5.73 Å². The van der Waals surface area contributed by atoms with Crippen molar-refractivity contribution in [2.45, 2.75) is 20.3 Å². The lowest BCUT2D eigenvalue weighted by atomic mass is 10.1. The maximum absolute atomic E-state index is 10.7. The van der Waals surface area contributed by atoms with Crippen molar-refractivity contribution in [1.82, 2.24) is 4.98 Å². The Morgan fingerprint density at radius 3 is 2.83 bits per heavy atom. The number of primary amides is 1. The molecule has 1 aromatic heterocycles. The second-order valence-electron chi connectivity index (χ2n) is 3.08. The topological polar surface area (TPSA) is 56.0 Å². The molecule has 1 aromatic rings. The van der Waals surface area contributed by atoms with E-state index in [2.05, 4.69) is 18.8 Å². The van der Waals surface area contributed by atoms with Crippen molar-refractivity contribution in [3.63, 3.8) is 0 Å². The lowest BCUT2D eigenvalue weighted by Gasteiger charge is -1.97. The minimum atomic E-state index is -0.387. The number of amides is 1. The molecule has 0 radical (unpaired) electrons. The fourth-order valence-corrected chi connectivity index (χ4v) is 1.85. The lowest BCUT2D eigenvalue weighted by molar-refractivity contribution is 0.100. The summed E-state index contributed by atoms with van der Waals surface area (Å²) in [5.74, 6) is 0.180. The van der Waals surface area contributed by atoms with E-state index in [1.165, 1.54) is 11.3 Å². The summed E-state index contributed by atoms with van der Waals surface area (Å²) in [6, 6.07) is 0. The van der Waals surface area contributed by atoms with Crippen molar-refractivity contribution in [2.75, 3.05) is 0 Å². The Bertz CT molecular complexity index is 280. The molecule has 0 unspecified atom stereocenters. The first-order valence-electron chi connectivity index (χ1n) is 3.84. The molecule has 0 fully saturated rings. The third-order valence-electron chi connectivity index (χ3n) is 1.38. The van der Waals surface area contributed by atoms with Gasteiger partial charge in [0.2, 0.25) is 0 Å². The Labute approximate surface area is 75.6 Å². The van der Waals surface area contributed by atoms with Crippen LogP contribution in [0.3, 0.4) is 0 Å². The minimum absolute atomic E-state index is 0.387. The number of nitrogens with zero attached hydrogens (tertiary/aromatic N) is 1. The fourth-order valence-electron chi connectivity index (χ4n) is 0.868. The SMILES string of the molecule is CC(C)Cc1ncc(C(N)=O)s1. The van der Waals surface area contributed by atoms with Crippen LogP contribution in [0.15, 0.2) is 6.20 Å². The van der Waals surface area contributed by atoms with E-state index in [1.54, 1.807) is 6.20 Å². The van der Waals surface area contributed by atoms with Crippen molar-refractivity contribution < 1.29 is 4.79 Å². The Morgan fingerprint density at radius 1 is 1.75 bits per heavy atom. The molecule has 0 aliphatic carbocycles. The summed E-state index contributed by atoms with van der Waals surface area (Å²) in [6.45, 7) is 4.23. The summed E-state index contributed by atoms with van der Waals surface area (Å²) in [7, 11) is 0. The molecule has 2 N–H and O–H groups in total. The van der Waals surface area contributed by atoms with E-state index in [4.69, 9.17) is 5.73 Å². The molecular formula is C8H12N2OS. The molecule has 66 valence electrons. The molecular weight excluding hydrogens is 172 g/mol. The van der Waals surface area contributed by atoms with Crippen molar-refractivity contribution in [1.29, 1.82) is 0 Å². The molecule has 0 aliphatic rings. The molecule has 1 rings (SSSR count). The van der Waals surface area contributed by atoms with Crippen molar-refractivity contribution >= 4 is 17.2 Å². The van der Waals surface area contributed by atoms with E-state index >= 15 is 0 Å². The average molecular weight is 184 g/mol. The maximum Gasteiger partial charge on any atom is 0.260 e. The summed E-state index contributed by atoms with van der Waals surface area (Å²) in [5, 5.41) is 0.985. The normalized spacial score (nSPS) is 10.6. The fraction of sp³-hybridized carbons (Fsp3) is 0.500. The van der Waals surface area contributed by atoms with Gasteiger partial charge in [0.15, 0.2) is 0 Å². The Kier molecular flexibility index (Phi) is 2.81. The Morgan fingerprint density at radius 2 is 2.42 bits per heavy atom. The highest BCUT2D eigenvalue weighted by atomic mass is 32.1. The number of thiazole rings is 1. The van der Waals surface area contributed by atoms with E-state index in [9.17, 15) is 4.79 Å². The number of nitrogens with two attached hydrogens (primary N) is 1. The van der Waals surface area contributed by atoms with Gasteiger partial charge in [-0.05, 0) is 5.92 Å². The molecule has 12 heavy (non-hydrogen) atoms. The molecule has 1 amide bonds. The van der Waals surface area contributed by atoms with Crippen LogP contribution in [0.1, 0.15) is 28.5 Å². The molecule has 4 heteroatoms. The molecule has 0 bridgehead atoms. The zero-order chi connectivity index (χ0) is 9.14. The number of aromatic nitrogens is 1. The van der Waals surface area contributed by atoms with E-state index in [-0.39, 0.29) is 5.91 Å². The van der Waals surface area contributed by atoms with E-state index < -0.39 is 0 Å². The second-order valence-corrected chi connectivity index (χ2v) is 4.20. The van der Waals surface area contributed by atoms with E-state index in [1.807, 2.05) is 0 Å². The molecule has 0 aromatic carbocycles. The van der Waals surface area contributed by atoms with Crippen LogP contribution in [0.25, 0.3) is 0 Å². The highest BCUT2D eigenvalue weighted by molar-refractivity contribution is 7.13. The third-order valence-corrected chi connectivity index (χ3v) is 2.41. The smallest absolute Gasteiger partial charge is 0.260 e. The molecule has 0 atom stereocenters. The van der Waals surface area contributed by atoms with Crippen LogP contribution < -0.4 is 5.73 Å². The summed E-state index contributed by atoms with van der Waals surface area (Å²) in [4.78, 5) is 15.3. The summed E-state index contributed by atoms with van der Waals surface area (Å²) < 4.78 is 0. The first-order chi connectivity index (χ1) is 5.59. The summed E-state index contributed by atoms with van der Waals surface area (Å²) in [6.07, 6.45) is 2.46. The number of carbonyl (C=O) groups is 1. The molecule has 1 heterocycles. The predicted octanol–water partition coefficient (Wildman–Crippen LogP) is 1.44. The second kappa shape index (κ2) is 3.67. The van der Waals surface area contributed by atoms with Crippen LogP contribution in [0.4, 0.5) is 0 Å². The van der Waals surface area contributed by atoms with Gasteiger partial charge in [0, 0.05) is 6.42 Å². The molecule has 0 saturated heterocycles. The van der Waals surface area contributed by atoms with Crippen LogP contribution >= 0.6 is 11.3 Å². The zero-order valence-electron chi connectivity index (χ0n) is 7.20. The van der Waals surface area contributed by atoms with Crippen molar-refractivity contribution in [2.24, 2.45) is 11.7 Å². The van der Waals surface area contributed by atoms with Gasteiger partial charge >= 0.3 is 0 Å². The van der Waals surface area contributed by atoms with Gasteiger partial charge in [-0.3, -0.25) is 4.79 Å². The lowest BCUT2D eigenvalue weighted by Crippen LogP contribution is -2.08. The third kappa shape index (κ3) is 2.30. The van der Waals surface area contributed by atoms with Gasteiger partial charge in [0.1, 0.15) is 4.88 Å². The number of rotatable bonds is 3. The molecule has 0 saturated carbocycles. The Hall–Kier alpha value is -0.900. The van der Waals surface area contributed by atoms with Gasteiger partial charge in [-0.1, -0.05) is 13.8 Å². The van der Waals surface area contributed by atoms with Gasteiger partial charge in [-0.2, -0.15) is 0 Å². The highest BCUT2D eigenvalue weighted by Crippen LogP contribution is 2.15. The van der Waals surface area contributed by atoms with Gasteiger partial charge in [0.05, 0.1) is 11.2 Å². The average Bonchev–Trinajstić information content (AvgIpc) is 2.34. The highest BCUT2D eigenvalue weighted by Gasteiger charge is 2.07. The number of hydrogen-bond donors (Lipinski definition) is 1. The molecule has 3 nitrogen and oxygen atoms in total. The van der Waals surface area contributed by atoms with Crippen molar-refractivity contribution in [3.8, 4) is 0 Å². The van der Waals surface area contributed by atoms with Crippen LogP contribution in [-0.4, -0.2) is 10.9 Å². The van der Waals surface area contributed by atoms with E-state index in [0.717, 1.165) is 11.4 Å². The maximum atomic E-state index is 10.7. The summed E-state index contributed by atoms with van der Waals surface area (Å²) in [5.41, 5.74) is 5.09. The molecule has 0 aliphatic heterocycles. The van der Waals surface area contributed by atoms with Gasteiger partial charge in [0.25, 0.3) is 5.91 Å². The van der Waals surface area contributed by atoms with E-state index in [0.29, 0.717) is 10.8 Å². The zero-order valence-corrected chi connectivity index (χ0v) is 8.02. The standard InChI is InChI=1S/C8H12N2OS/c1-5(2)3-7-10-4-6(12-7)8(9)11/h4-5H,3H2,1-2H3,(H2,9,11). The quantitative estimate of drug-likeness (QED) is 0.772. The van der Waals surface area contributed by atoms with Crippen molar-refractivity contribution in [3.05, 3.63) is 16.1 Å². The molecule has 0 spiro atoms. The first kappa shape index (κ1) is 9.19. The first-order valence-corrected chi connectivity index (χ1v) is 4.65. The predicted molar refractivity (Wildman–Crippen MR) is 49.2 cm³/mol. The monoisotopic (exact) mass is 184 g/mol. The van der Waals surface area contributed by atoms with Crippen LogP contribution in [0.2, 0.25) is 0 Å². The largest absolute Gasteiger partial charge is 0.365 e. The summed E-state index contributed by atoms with van der Waals surface area (Å²) >= 11 is 1.38. The number of hydrogen-bond acceptors (Lipinski definition) is 3. The van der Waals surface area contributed by atoms with Crippen LogP contribution in [-0.2, 0) is 6.42 Å². The van der Waals surface area contributed by atoms with Gasteiger partial charge in [-0.15, -0.1) is 11.3 Å². The number of carbonyl (C=O) groups excluding carboxylic acids is 1. The Balaban J connectivity index is 2.71. The minimum Gasteiger partial charge on any atom is -0.365 e.